The smallest absolute Gasteiger partial charge is 0.291 e. The molecule has 0 radical (unpaired) electrons. The maximum atomic E-state index is 12.6. The number of nitrogens with one attached hydrogen (secondary N) is 1. The second kappa shape index (κ2) is 3.99. The van der Waals surface area contributed by atoms with Gasteiger partial charge in [0, 0.05) is 6.42 Å². The lowest BCUT2D eigenvalue weighted by Crippen LogP contribution is -2.16. The lowest BCUT2D eigenvalue weighted by atomic mass is 10.3. The molecule has 1 heterocycles. The Hall–Kier alpha value is -1.43. The van der Waals surface area contributed by atoms with E-state index in [1.54, 1.807) is 0 Å². The second-order valence-corrected chi connectivity index (χ2v) is 2.54. The summed E-state index contributed by atoms with van der Waals surface area (Å²) in [4.78, 5) is 16.4. The molecule has 5 nitrogen and oxygen atoms in total. The molecule has 0 saturated heterocycles. The van der Waals surface area contributed by atoms with Gasteiger partial charge in [0.15, 0.2) is 0 Å². The van der Waals surface area contributed by atoms with Gasteiger partial charge in [-0.15, -0.1) is 0 Å². The number of hydrogen-bond acceptors (Lipinski definition) is 4. The minimum atomic E-state index is -1.25. The molecule has 6 heteroatoms. The molecular formula is C7H10FN3O2. The van der Waals surface area contributed by atoms with Crippen LogP contribution < -0.4 is 11.3 Å². The molecule has 0 aliphatic rings. The monoisotopic (exact) mass is 187 g/mol. The van der Waals surface area contributed by atoms with E-state index in [4.69, 9.17) is 10.8 Å². The minimum Gasteiger partial charge on any atom is -0.491 e. The normalized spacial score (nSPS) is 10.3. The maximum absolute atomic E-state index is 12.6. The zero-order chi connectivity index (χ0) is 9.84. The largest absolute Gasteiger partial charge is 0.491 e. The first kappa shape index (κ1) is 9.66. The van der Waals surface area contributed by atoms with Crippen LogP contribution in [0.15, 0.2) is 4.79 Å². The van der Waals surface area contributed by atoms with Crippen molar-refractivity contribution >= 4 is 0 Å². The van der Waals surface area contributed by atoms with E-state index in [1.165, 1.54) is 0 Å². The highest BCUT2D eigenvalue weighted by Gasteiger charge is 2.08. The molecule has 0 aliphatic heterocycles. The highest BCUT2D eigenvalue weighted by atomic mass is 19.1. The van der Waals surface area contributed by atoms with Crippen molar-refractivity contribution in [1.29, 1.82) is 0 Å². The van der Waals surface area contributed by atoms with Crippen molar-refractivity contribution in [2.75, 3.05) is 6.54 Å². The molecule has 0 fully saturated rings. The predicted molar refractivity (Wildman–Crippen MR) is 43.9 cm³/mol. The molecular weight excluding hydrogens is 177 g/mol. The van der Waals surface area contributed by atoms with Crippen LogP contribution in [0.5, 0.6) is 5.88 Å². The van der Waals surface area contributed by atoms with Gasteiger partial charge in [0.1, 0.15) is 5.82 Å². The fourth-order valence-electron chi connectivity index (χ4n) is 0.880. The van der Waals surface area contributed by atoms with E-state index in [0.29, 0.717) is 19.4 Å². The Labute approximate surface area is 73.4 Å². The third kappa shape index (κ3) is 2.25. The third-order valence-electron chi connectivity index (χ3n) is 1.51. The van der Waals surface area contributed by atoms with Gasteiger partial charge in [-0.1, -0.05) is 0 Å². The predicted octanol–water partition coefficient (Wildman–Crippen LogP) is -0.494. The van der Waals surface area contributed by atoms with Crippen LogP contribution in [0.25, 0.3) is 0 Å². The Balaban J connectivity index is 2.93. The Morgan fingerprint density at radius 3 is 2.85 bits per heavy atom. The zero-order valence-corrected chi connectivity index (χ0v) is 6.88. The van der Waals surface area contributed by atoms with Crippen LogP contribution in [0.3, 0.4) is 0 Å². The van der Waals surface area contributed by atoms with Gasteiger partial charge in [-0.2, -0.15) is 9.37 Å². The number of nitrogens with two attached hydrogens (primary N) is 1. The van der Waals surface area contributed by atoms with Crippen molar-refractivity contribution in [3.05, 3.63) is 22.0 Å². The Bertz CT molecular complexity index is 350. The molecule has 1 rings (SSSR count). The topological polar surface area (TPSA) is 92.0 Å². The van der Waals surface area contributed by atoms with Crippen LogP contribution in [0.1, 0.15) is 12.2 Å². The van der Waals surface area contributed by atoms with Gasteiger partial charge in [-0.25, -0.2) is 0 Å². The van der Waals surface area contributed by atoms with Crippen molar-refractivity contribution in [3.8, 4) is 5.88 Å². The summed E-state index contributed by atoms with van der Waals surface area (Å²) in [6, 6.07) is 0. The molecule has 0 amide bonds. The summed E-state index contributed by atoms with van der Waals surface area (Å²) in [6.45, 7) is 0.446. The summed E-state index contributed by atoms with van der Waals surface area (Å²) < 4.78 is 12.6. The van der Waals surface area contributed by atoms with Crippen LogP contribution in [0, 0.1) is 5.82 Å². The van der Waals surface area contributed by atoms with E-state index < -0.39 is 17.3 Å². The van der Waals surface area contributed by atoms with Crippen molar-refractivity contribution in [2.45, 2.75) is 12.8 Å². The Morgan fingerprint density at radius 1 is 1.62 bits per heavy atom. The number of hydrogen-bond donors (Lipinski definition) is 3. The first-order chi connectivity index (χ1) is 6.15. The van der Waals surface area contributed by atoms with Crippen molar-refractivity contribution in [2.24, 2.45) is 5.73 Å². The summed E-state index contributed by atoms with van der Waals surface area (Å²) in [5.41, 5.74) is 4.27. The van der Waals surface area contributed by atoms with Crippen LogP contribution in [0.4, 0.5) is 4.39 Å². The van der Waals surface area contributed by atoms with E-state index in [2.05, 4.69) is 9.97 Å². The summed E-state index contributed by atoms with van der Waals surface area (Å²) >= 11 is 0. The van der Waals surface area contributed by atoms with Gasteiger partial charge in [-0.3, -0.25) is 4.79 Å². The number of H-pyrrole nitrogens is 1. The molecule has 0 unspecified atom stereocenters. The number of rotatable bonds is 3. The van der Waals surface area contributed by atoms with Gasteiger partial charge in [-0.05, 0) is 13.0 Å². The number of aromatic hydroxyl groups is 1. The lowest BCUT2D eigenvalue weighted by Gasteiger charge is -1.99. The summed E-state index contributed by atoms with van der Waals surface area (Å²) in [6.07, 6.45) is 1.04. The molecule has 13 heavy (non-hydrogen) atoms. The molecule has 4 N–H and O–H groups in total. The molecule has 0 aromatic carbocycles. The summed E-state index contributed by atoms with van der Waals surface area (Å²) in [5, 5.41) is 8.84. The molecule has 0 saturated carbocycles. The number of aromatic nitrogens is 2. The molecule has 0 spiro atoms. The van der Waals surface area contributed by atoms with Crippen molar-refractivity contribution < 1.29 is 9.50 Å². The van der Waals surface area contributed by atoms with Gasteiger partial charge in [0.25, 0.3) is 11.4 Å². The first-order valence-electron chi connectivity index (χ1n) is 3.83. The van der Waals surface area contributed by atoms with Crippen LogP contribution in [-0.4, -0.2) is 21.6 Å². The zero-order valence-electron chi connectivity index (χ0n) is 6.88. The van der Waals surface area contributed by atoms with Gasteiger partial charge in [0.2, 0.25) is 5.82 Å². The maximum Gasteiger partial charge on any atom is 0.291 e. The number of halogens is 1. The molecule has 0 bridgehead atoms. The van der Waals surface area contributed by atoms with Gasteiger partial charge >= 0.3 is 0 Å². The number of aromatic amines is 1. The Kier molecular flexibility index (Phi) is 2.97. The van der Waals surface area contributed by atoms with Crippen LogP contribution in [-0.2, 0) is 6.42 Å². The standard InChI is InChI=1S/C7H10FN3O2/c8-5-6(12)10-4(2-1-3-9)11-7(5)13/h1-3,9H2,(H2,10,11,12,13). The van der Waals surface area contributed by atoms with Crippen molar-refractivity contribution in [3.63, 3.8) is 0 Å². The van der Waals surface area contributed by atoms with Gasteiger partial charge in [0.05, 0.1) is 0 Å². The van der Waals surface area contributed by atoms with Gasteiger partial charge < -0.3 is 15.8 Å². The van der Waals surface area contributed by atoms with E-state index in [-0.39, 0.29) is 5.82 Å². The summed E-state index contributed by atoms with van der Waals surface area (Å²) in [7, 11) is 0. The van der Waals surface area contributed by atoms with Crippen LogP contribution >= 0.6 is 0 Å². The first-order valence-corrected chi connectivity index (χ1v) is 3.83. The molecule has 72 valence electrons. The average Bonchev–Trinajstić information content (AvgIpc) is 2.10. The van der Waals surface area contributed by atoms with Crippen molar-refractivity contribution in [1.82, 2.24) is 9.97 Å². The third-order valence-corrected chi connectivity index (χ3v) is 1.51. The SMILES string of the molecule is NCCCc1nc(O)c(F)c(=O)[nH]1. The van der Waals surface area contributed by atoms with Crippen LogP contribution in [0.2, 0.25) is 0 Å². The summed E-state index contributed by atoms with van der Waals surface area (Å²) in [5.74, 6) is -1.87. The van der Waals surface area contributed by atoms with E-state index in [9.17, 15) is 9.18 Å². The molecule has 0 aliphatic carbocycles. The molecule has 0 atom stereocenters. The minimum absolute atomic E-state index is 0.245. The van der Waals surface area contributed by atoms with E-state index in [0.717, 1.165) is 0 Å². The second-order valence-electron chi connectivity index (χ2n) is 2.54. The van der Waals surface area contributed by atoms with E-state index >= 15 is 0 Å². The highest BCUT2D eigenvalue weighted by molar-refractivity contribution is 5.09. The Morgan fingerprint density at radius 2 is 2.31 bits per heavy atom. The average molecular weight is 187 g/mol. The highest BCUT2D eigenvalue weighted by Crippen LogP contribution is 2.05. The van der Waals surface area contributed by atoms with E-state index in [1.807, 2.05) is 0 Å². The number of nitrogens with zero attached hydrogens (tertiary/aromatic N) is 1. The lowest BCUT2D eigenvalue weighted by molar-refractivity contribution is 0.400. The number of aryl methyl sites for hydroxylation is 1. The molecule has 1 aromatic rings. The fraction of sp³-hybridized carbons (Fsp3) is 0.429. The molecule has 1 aromatic heterocycles. The fourth-order valence-corrected chi connectivity index (χ4v) is 0.880. The quantitative estimate of drug-likeness (QED) is 0.595.